The quantitative estimate of drug-likeness (QED) is 0.797. The monoisotopic (exact) mass is 224 g/mol. The molecule has 0 aliphatic carbocycles. The average Bonchev–Trinajstić information content (AvgIpc) is 2.21. The Hall–Kier alpha value is -1.29. The summed E-state index contributed by atoms with van der Waals surface area (Å²) in [6.45, 7) is 2.61. The Labute approximate surface area is 96.0 Å². The molecule has 15 heavy (non-hydrogen) atoms. The van der Waals surface area contributed by atoms with E-state index in [4.69, 9.17) is 17.0 Å². The normalized spacial score (nSPS) is 9.53. The highest BCUT2D eigenvalue weighted by molar-refractivity contribution is 7.80. The van der Waals surface area contributed by atoms with Crippen molar-refractivity contribution in [2.45, 2.75) is 6.92 Å². The zero-order chi connectivity index (χ0) is 11.3. The zero-order valence-corrected chi connectivity index (χ0v) is 10.1. The Morgan fingerprint density at radius 3 is 2.67 bits per heavy atom. The topological polar surface area (TPSA) is 24.5 Å². The van der Waals surface area contributed by atoms with E-state index in [-0.39, 0.29) is 0 Å². The lowest BCUT2D eigenvalue weighted by molar-refractivity contribution is 0.342. The van der Waals surface area contributed by atoms with E-state index < -0.39 is 0 Å². The van der Waals surface area contributed by atoms with Gasteiger partial charge in [-0.3, -0.25) is 0 Å². The van der Waals surface area contributed by atoms with Crippen molar-refractivity contribution in [2.24, 2.45) is 0 Å². The van der Waals surface area contributed by atoms with Gasteiger partial charge in [-0.2, -0.15) is 0 Å². The van der Waals surface area contributed by atoms with Crippen molar-refractivity contribution in [1.29, 1.82) is 0 Å². The SMILES string of the molecule is CCOc1ccccc1NC(=S)N(C)C. The summed E-state index contributed by atoms with van der Waals surface area (Å²) < 4.78 is 5.48. The lowest BCUT2D eigenvalue weighted by atomic mass is 10.3. The summed E-state index contributed by atoms with van der Waals surface area (Å²) in [4.78, 5) is 1.85. The lowest BCUT2D eigenvalue weighted by Crippen LogP contribution is -2.27. The standard InChI is InChI=1S/C11H16N2OS/c1-4-14-10-8-6-5-7-9(10)12-11(15)13(2)3/h5-8H,4H2,1-3H3,(H,12,15). The number of thiocarbonyl (C=S) groups is 1. The molecule has 0 saturated carbocycles. The van der Waals surface area contributed by atoms with Crippen LogP contribution in [0.15, 0.2) is 24.3 Å². The Kier molecular flexibility index (Phi) is 4.37. The molecule has 1 aromatic carbocycles. The molecule has 3 nitrogen and oxygen atoms in total. The molecule has 0 fully saturated rings. The van der Waals surface area contributed by atoms with Crippen molar-refractivity contribution >= 4 is 23.0 Å². The average molecular weight is 224 g/mol. The number of nitrogens with one attached hydrogen (secondary N) is 1. The van der Waals surface area contributed by atoms with E-state index in [1.807, 2.05) is 50.2 Å². The third-order valence-electron chi connectivity index (χ3n) is 1.83. The van der Waals surface area contributed by atoms with Gasteiger partial charge < -0.3 is 15.0 Å². The van der Waals surface area contributed by atoms with E-state index in [1.165, 1.54) is 0 Å². The molecule has 1 aromatic rings. The van der Waals surface area contributed by atoms with Crippen LogP contribution >= 0.6 is 12.2 Å². The molecular formula is C11H16N2OS. The summed E-state index contributed by atoms with van der Waals surface area (Å²) in [6.07, 6.45) is 0. The van der Waals surface area contributed by atoms with Crippen molar-refractivity contribution in [3.05, 3.63) is 24.3 Å². The van der Waals surface area contributed by atoms with E-state index in [0.717, 1.165) is 11.4 Å². The molecule has 1 N–H and O–H groups in total. The largest absolute Gasteiger partial charge is 0.492 e. The Morgan fingerprint density at radius 1 is 1.40 bits per heavy atom. The highest BCUT2D eigenvalue weighted by Crippen LogP contribution is 2.23. The number of hydrogen-bond acceptors (Lipinski definition) is 2. The minimum Gasteiger partial charge on any atom is -0.492 e. The molecule has 4 heteroatoms. The first-order valence-corrected chi connectivity index (χ1v) is 5.26. The van der Waals surface area contributed by atoms with Gasteiger partial charge in [0.2, 0.25) is 0 Å². The van der Waals surface area contributed by atoms with Crippen LogP contribution in [0.2, 0.25) is 0 Å². The maximum absolute atomic E-state index is 5.48. The predicted molar refractivity (Wildman–Crippen MR) is 67.5 cm³/mol. The van der Waals surface area contributed by atoms with Crippen LogP contribution in [-0.2, 0) is 0 Å². The van der Waals surface area contributed by atoms with E-state index in [1.54, 1.807) is 0 Å². The molecule has 0 atom stereocenters. The van der Waals surface area contributed by atoms with Crippen LogP contribution in [0.25, 0.3) is 0 Å². The van der Waals surface area contributed by atoms with Crippen LogP contribution in [0.4, 0.5) is 5.69 Å². The molecule has 0 amide bonds. The van der Waals surface area contributed by atoms with Gasteiger partial charge >= 0.3 is 0 Å². The summed E-state index contributed by atoms with van der Waals surface area (Å²) in [5.74, 6) is 0.823. The highest BCUT2D eigenvalue weighted by atomic mass is 32.1. The second kappa shape index (κ2) is 5.56. The Balaban J connectivity index is 2.79. The molecule has 0 bridgehead atoms. The molecule has 82 valence electrons. The first-order chi connectivity index (χ1) is 7.15. The number of nitrogens with zero attached hydrogens (tertiary/aromatic N) is 1. The van der Waals surface area contributed by atoms with Gasteiger partial charge in [-0.25, -0.2) is 0 Å². The number of rotatable bonds is 3. The van der Waals surface area contributed by atoms with Crippen LogP contribution in [0.1, 0.15) is 6.92 Å². The molecule has 0 aliphatic rings. The Morgan fingerprint density at radius 2 is 2.07 bits per heavy atom. The fourth-order valence-electron chi connectivity index (χ4n) is 1.08. The van der Waals surface area contributed by atoms with Crippen LogP contribution in [-0.4, -0.2) is 30.7 Å². The highest BCUT2D eigenvalue weighted by Gasteiger charge is 2.04. The summed E-state index contributed by atoms with van der Waals surface area (Å²) >= 11 is 5.16. The van der Waals surface area contributed by atoms with Gasteiger partial charge in [0.05, 0.1) is 12.3 Å². The summed E-state index contributed by atoms with van der Waals surface area (Å²) in [5.41, 5.74) is 0.901. The fraction of sp³-hybridized carbons (Fsp3) is 0.364. The van der Waals surface area contributed by atoms with Crippen molar-refractivity contribution < 1.29 is 4.74 Å². The van der Waals surface area contributed by atoms with Crippen molar-refractivity contribution in [2.75, 3.05) is 26.0 Å². The fourth-order valence-corrected chi connectivity index (χ4v) is 1.19. The van der Waals surface area contributed by atoms with Gasteiger partial charge in [-0.05, 0) is 31.3 Å². The van der Waals surface area contributed by atoms with Crippen LogP contribution in [0.5, 0.6) is 5.75 Å². The summed E-state index contributed by atoms with van der Waals surface area (Å²) in [5, 5.41) is 3.80. The van der Waals surface area contributed by atoms with Crippen LogP contribution in [0, 0.1) is 0 Å². The van der Waals surface area contributed by atoms with Crippen molar-refractivity contribution in [1.82, 2.24) is 4.90 Å². The molecule has 0 radical (unpaired) electrons. The molecule has 0 saturated heterocycles. The number of para-hydroxylation sites is 2. The molecule has 0 unspecified atom stereocenters. The van der Waals surface area contributed by atoms with Crippen LogP contribution < -0.4 is 10.1 Å². The van der Waals surface area contributed by atoms with Gasteiger partial charge in [0.15, 0.2) is 5.11 Å². The van der Waals surface area contributed by atoms with E-state index >= 15 is 0 Å². The Bertz CT molecular complexity index is 339. The molecule has 0 heterocycles. The van der Waals surface area contributed by atoms with Gasteiger partial charge in [-0.1, -0.05) is 12.1 Å². The zero-order valence-electron chi connectivity index (χ0n) is 9.28. The number of ether oxygens (including phenoxy) is 1. The number of anilines is 1. The van der Waals surface area contributed by atoms with E-state index in [9.17, 15) is 0 Å². The molecule has 0 spiro atoms. The molecular weight excluding hydrogens is 208 g/mol. The smallest absolute Gasteiger partial charge is 0.172 e. The number of benzene rings is 1. The lowest BCUT2D eigenvalue weighted by Gasteiger charge is -2.17. The second-order valence-corrected chi connectivity index (χ2v) is 3.64. The van der Waals surface area contributed by atoms with Gasteiger partial charge in [0, 0.05) is 14.1 Å². The number of hydrogen-bond donors (Lipinski definition) is 1. The molecule has 0 aliphatic heterocycles. The third kappa shape index (κ3) is 3.40. The van der Waals surface area contributed by atoms with Crippen molar-refractivity contribution in [3.8, 4) is 5.75 Å². The minimum absolute atomic E-state index is 0.646. The molecule has 1 rings (SSSR count). The van der Waals surface area contributed by atoms with Gasteiger partial charge in [0.25, 0.3) is 0 Å². The van der Waals surface area contributed by atoms with Crippen molar-refractivity contribution in [3.63, 3.8) is 0 Å². The maximum atomic E-state index is 5.48. The summed E-state index contributed by atoms with van der Waals surface area (Å²) in [7, 11) is 3.80. The first kappa shape index (κ1) is 11.8. The third-order valence-corrected chi connectivity index (χ3v) is 2.30. The summed E-state index contributed by atoms with van der Waals surface area (Å²) in [6, 6.07) is 7.75. The van der Waals surface area contributed by atoms with E-state index in [0.29, 0.717) is 11.7 Å². The van der Waals surface area contributed by atoms with E-state index in [2.05, 4.69) is 5.32 Å². The first-order valence-electron chi connectivity index (χ1n) is 4.85. The molecule has 0 aromatic heterocycles. The maximum Gasteiger partial charge on any atom is 0.172 e. The van der Waals surface area contributed by atoms with Crippen LogP contribution in [0.3, 0.4) is 0 Å². The predicted octanol–water partition coefficient (Wildman–Crippen LogP) is 2.34. The van der Waals surface area contributed by atoms with Gasteiger partial charge in [0.1, 0.15) is 5.75 Å². The second-order valence-electron chi connectivity index (χ2n) is 3.25. The minimum atomic E-state index is 0.646. The van der Waals surface area contributed by atoms with Gasteiger partial charge in [-0.15, -0.1) is 0 Å².